The Morgan fingerprint density at radius 3 is 2.80 bits per heavy atom. The molecular weight excluding hydrogens is 343 g/mol. The smallest absolute Gasteiger partial charge is 0.139 e. The van der Waals surface area contributed by atoms with Gasteiger partial charge in [-0.05, 0) is 34.3 Å². The Morgan fingerprint density at radius 2 is 2.10 bits per heavy atom. The van der Waals surface area contributed by atoms with Crippen LogP contribution in [0.5, 0.6) is 0 Å². The molecule has 2 nitrogen and oxygen atoms in total. The van der Waals surface area contributed by atoms with Gasteiger partial charge in [0, 0.05) is 12.6 Å². The maximum Gasteiger partial charge on any atom is 0.139 e. The maximum atomic E-state index is 13.8. The Labute approximate surface area is 131 Å². The molecule has 1 aromatic carbocycles. The Morgan fingerprint density at radius 1 is 1.35 bits per heavy atom. The number of imidazole rings is 1. The molecule has 108 valence electrons. The van der Waals surface area contributed by atoms with Crippen molar-refractivity contribution in [1.82, 2.24) is 9.55 Å². The van der Waals surface area contributed by atoms with E-state index in [4.69, 9.17) is 11.6 Å². The van der Waals surface area contributed by atoms with Gasteiger partial charge < -0.3 is 4.57 Å². The van der Waals surface area contributed by atoms with Crippen LogP contribution in [0, 0.1) is 11.7 Å². The van der Waals surface area contributed by atoms with Crippen LogP contribution in [-0.4, -0.2) is 9.55 Å². The molecule has 1 aliphatic rings. The van der Waals surface area contributed by atoms with Gasteiger partial charge in [-0.3, -0.25) is 0 Å². The standard InChI is InChI=1S/C15H17BrClFN2/c16-11-7-13-14(8-12(11)18)20(15(9-17)19-13)6-5-10-3-1-2-4-10/h7-8,10H,1-6,9H2. The van der Waals surface area contributed by atoms with Gasteiger partial charge >= 0.3 is 0 Å². The van der Waals surface area contributed by atoms with Crippen LogP contribution in [0.4, 0.5) is 4.39 Å². The van der Waals surface area contributed by atoms with Crippen LogP contribution in [0.25, 0.3) is 11.0 Å². The fourth-order valence-corrected chi connectivity index (χ4v) is 3.67. The van der Waals surface area contributed by atoms with E-state index in [0.29, 0.717) is 10.4 Å². The number of benzene rings is 1. The molecule has 5 heteroatoms. The number of hydrogen-bond acceptors (Lipinski definition) is 1. The van der Waals surface area contributed by atoms with Crippen LogP contribution in [-0.2, 0) is 12.4 Å². The van der Waals surface area contributed by atoms with E-state index < -0.39 is 0 Å². The summed E-state index contributed by atoms with van der Waals surface area (Å²) in [5.41, 5.74) is 1.65. The molecule has 1 heterocycles. The van der Waals surface area contributed by atoms with Gasteiger partial charge in [0.25, 0.3) is 0 Å². The van der Waals surface area contributed by atoms with E-state index >= 15 is 0 Å². The second-order valence-electron chi connectivity index (χ2n) is 5.51. The molecular formula is C15H17BrClFN2. The average molecular weight is 360 g/mol. The predicted molar refractivity (Wildman–Crippen MR) is 83.5 cm³/mol. The van der Waals surface area contributed by atoms with Gasteiger partial charge in [0.1, 0.15) is 11.6 Å². The van der Waals surface area contributed by atoms with Gasteiger partial charge in [-0.25, -0.2) is 9.37 Å². The first-order valence-corrected chi connectivity index (χ1v) is 8.42. The van der Waals surface area contributed by atoms with Crippen molar-refractivity contribution in [3.63, 3.8) is 0 Å². The van der Waals surface area contributed by atoms with E-state index in [1.807, 2.05) is 0 Å². The molecule has 0 atom stereocenters. The third kappa shape index (κ3) is 2.73. The number of nitrogens with zero attached hydrogens (tertiary/aromatic N) is 2. The predicted octanol–water partition coefficient (Wildman–Crippen LogP) is 5.26. The van der Waals surface area contributed by atoms with Crippen molar-refractivity contribution in [3.05, 3.63) is 28.2 Å². The van der Waals surface area contributed by atoms with Crippen molar-refractivity contribution in [2.24, 2.45) is 5.92 Å². The molecule has 1 fully saturated rings. The summed E-state index contributed by atoms with van der Waals surface area (Å²) in [4.78, 5) is 4.51. The second kappa shape index (κ2) is 6.02. The molecule has 20 heavy (non-hydrogen) atoms. The highest BCUT2D eigenvalue weighted by Crippen LogP contribution is 2.30. The van der Waals surface area contributed by atoms with Crippen LogP contribution in [0.1, 0.15) is 37.9 Å². The molecule has 0 N–H and O–H groups in total. The van der Waals surface area contributed by atoms with Crippen molar-refractivity contribution in [2.75, 3.05) is 0 Å². The Kier molecular flexibility index (Phi) is 4.32. The molecule has 0 aliphatic heterocycles. The number of rotatable bonds is 4. The minimum Gasteiger partial charge on any atom is -0.327 e. The average Bonchev–Trinajstić information content (AvgIpc) is 3.05. The summed E-state index contributed by atoms with van der Waals surface area (Å²) < 4.78 is 16.3. The molecule has 0 amide bonds. The van der Waals surface area contributed by atoms with Gasteiger partial charge in [-0.2, -0.15) is 0 Å². The zero-order chi connectivity index (χ0) is 14.1. The van der Waals surface area contributed by atoms with E-state index in [1.54, 1.807) is 12.1 Å². The lowest BCUT2D eigenvalue weighted by Gasteiger charge is -2.12. The fourth-order valence-electron chi connectivity index (χ4n) is 3.13. The van der Waals surface area contributed by atoms with E-state index in [9.17, 15) is 4.39 Å². The Hall–Kier alpha value is -0.610. The van der Waals surface area contributed by atoms with Crippen molar-refractivity contribution >= 4 is 38.6 Å². The van der Waals surface area contributed by atoms with Crippen molar-refractivity contribution in [2.45, 2.75) is 44.5 Å². The lowest BCUT2D eigenvalue weighted by Crippen LogP contribution is -2.06. The van der Waals surface area contributed by atoms with Crippen LogP contribution >= 0.6 is 27.5 Å². The summed E-state index contributed by atoms with van der Waals surface area (Å²) in [6.45, 7) is 0.879. The van der Waals surface area contributed by atoms with E-state index in [-0.39, 0.29) is 5.82 Å². The van der Waals surface area contributed by atoms with Gasteiger partial charge in [-0.1, -0.05) is 25.7 Å². The largest absolute Gasteiger partial charge is 0.327 e. The van der Waals surface area contributed by atoms with Gasteiger partial charge in [0.2, 0.25) is 0 Å². The zero-order valence-electron chi connectivity index (χ0n) is 11.2. The van der Waals surface area contributed by atoms with E-state index in [0.717, 1.165) is 35.7 Å². The summed E-state index contributed by atoms with van der Waals surface area (Å²) in [6, 6.07) is 3.28. The summed E-state index contributed by atoms with van der Waals surface area (Å²) >= 11 is 9.20. The van der Waals surface area contributed by atoms with Crippen molar-refractivity contribution < 1.29 is 4.39 Å². The summed E-state index contributed by atoms with van der Waals surface area (Å²) in [5, 5.41) is 0. The molecule has 0 spiro atoms. The SMILES string of the molecule is Fc1cc2c(cc1Br)nc(CCl)n2CCC1CCCC1. The minimum atomic E-state index is -0.249. The Balaban J connectivity index is 1.92. The molecule has 0 bridgehead atoms. The normalized spacial score (nSPS) is 16.4. The summed E-state index contributed by atoms with van der Waals surface area (Å²) in [5.74, 6) is 1.74. The zero-order valence-corrected chi connectivity index (χ0v) is 13.6. The summed E-state index contributed by atoms with van der Waals surface area (Å²) in [6.07, 6.45) is 6.47. The first-order valence-electron chi connectivity index (χ1n) is 7.09. The highest BCUT2D eigenvalue weighted by molar-refractivity contribution is 9.10. The lowest BCUT2D eigenvalue weighted by molar-refractivity contribution is 0.458. The molecule has 0 unspecified atom stereocenters. The first kappa shape index (κ1) is 14.3. The van der Waals surface area contributed by atoms with Gasteiger partial charge in [-0.15, -0.1) is 11.6 Å². The molecule has 1 saturated carbocycles. The quantitative estimate of drug-likeness (QED) is 0.681. The van der Waals surface area contributed by atoms with Crippen LogP contribution in [0.2, 0.25) is 0 Å². The number of aromatic nitrogens is 2. The fraction of sp³-hybridized carbons (Fsp3) is 0.533. The third-order valence-corrected chi connectivity index (χ3v) is 5.07. The lowest BCUT2D eigenvalue weighted by atomic mass is 10.0. The van der Waals surface area contributed by atoms with Gasteiger partial charge in [0.15, 0.2) is 0 Å². The number of aryl methyl sites for hydroxylation is 1. The highest BCUT2D eigenvalue weighted by Gasteiger charge is 2.17. The molecule has 1 aliphatic carbocycles. The minimum absolute atomic E-state index is 0.249. The molecule has 3 rings (SSSR count). The molecule has 0 saturated heterocycles. The number of fused-ring (bicyclic) bond motifs is 1. The summed E-state index contributed by atoms with van der Waals surface area (Å²) in [7, 11) is 0. The number of halogens is 3. The van der Waals surface area contributed by atoms with E-state index in [1.165, 1.54) is 25.7 Å². The third-order valence-electron chi connectivity index (χ3n) is 4.22. The second-order valence-corrected chi connectivity index (χ2v) is 6.63. The highest BCUT2D eigenvalue weighted by atomic mass is 79.9. The first-order chi connectivity index (χ1) is 9.69. The molecule has 1 aromatic heterocycles. The van der Waals surface area contributed by atoms with Gasteiger partial charge in [0.05, 0.1) is 21.4 Å². The molecule has 2 aromatic rings. The number of alkyl halides is 1. The van der Waals surface area contributed by atoms with Crippen LogP contribution in [0.3, 0.4) is 0 Å². The monoisotopic (exact) mass is 358 g/mol. The number of hydrogen-bond donors (Lipinski definition) is 0. The Bertz CT molecular complexity index is 620. The van der Waals surface area contributed by atoms with Crippen molar-refractivity contribution in [3.8, 4) is 0 Å². The molecule has 0 radical (unpaired) electrons. The maximum absolute atomic E-state index is 13.8. The van der Waals surface area contributed by atoms with Crippen LogP contribution < -0.4 is 0 Å². The topological polar surface area (TPSA) is 17.8 Å². The van der Waals surface area contributed by atoms with Crippen molar-refractivity contribution in [1.29, 1.82) is 0 Å². The van der Waals surface area contributed by atoms with E-state index in [2.05, 4.69) is 25.5 Å². The van der Waals surface area contributed by atoms with Crippen LogP contribution in [0.15, 0.2) is 16.6 Å².